The fourth-order valence-electron chi connectivity index (χ4n) is 4.27. The molecule has 1 aliphatic carbocycles. The van der Waals surface area contributed by atoms with Gasteiger partial charge in [-0.2, -0.15) is 0 Å². The molecular formula is C20H24F2N2O2. The summed E-state index contributed by atoms with van der Waals surface area (Å²) in [4.78, 5) is 4.50. The summed E-state index contributed by atoms with van der Waals surface area (Å²) in [5, 5.41) is 0. The van der Waals surface area contributed by atoms with Gasteiger partial charge in [0.2, 0.25) is 0 Å². The maximum atomic E-state index is 14.4. The maximum absolute atomic E-state index is 14.4. The lowest BCUT2D eigenvalue weighted by Gasteiger charge is -2.42. The van der Waals surface area contributed by atoms with Crippen molar-refractivity contribution < 1.29 is 18.3 Å². The highest BCUT2D eigenvalue weighted by atomic mass is 19.1. The van der Waals surface area contributed by atoms with E-state index in [2.05, 4.69) is 9.55 Å². The summed E-state index contributed by atoms with van der Waals surface area (Å²) in [7, 11) is 1.73. The monoisotopic (exact) mass is 362 g/mol. The highest BCUT2D eigenvalue weighted by Crippen LogP contribution is 2.44. The van der Waals surface area contributed by atoms with Crippen LogP contribution in [-0.4, -0.2) is 36.5 Å². The largest absolute Gasteiger partial charge is 0.384 e. The van der Waals surface area contributed by atoms with Crippen molar-refractivity contribution in [2.75, 3.05) is 26.9 Å². The standard InChI is InChI=1S/C20H24F2N2O2/c1-25-12-20(6-2-7-20)11-24-13-23-18(19(24)14-5-8-26-10-14)16-9-15(21)3-4-17(16)22/h3-4,9,13-14H,2,5-8,10-12H2,1H3. The number of ether oxygens (including phenoxy) is 2. The molecule has 1 aliphatic heterocycles. The van der Waals surface area contributed by atoms with E-state index in [-0.39, 0.29) is 16.9 Å². The maximum Gasteiger partial charge on any atom is 0.132 e. The van der Waals surface area contributed by atoms with Crippen LogP contribution in [-0.2, 0) is 16.0 Å². The fourth-order valence-corrected chi connectivity index (χ4v) is 4.27. The Kier molecular flexibility index (Phi) is 4.80. The molecule has 0 N–H and O–H groups in total. The van der Waals surface area contributed by atoms with Gasteiger partial charge >= 0.3 is 0 Å². The summed E-state index contributed by atoms with van der Waals surface area (Å²) in [6, 6.07) is 3.53. The lowest BCUT2D eigenvalue weighted by Crippen LogP contribution is -2.38. The van der Waals surface area contributed by atoms with Crippen LogP contribution in [0, 0.1) is 17.0 Å². The van der Waals surface area contributed by atoms with Crippen molar-refractivity contribution in [2.24, 2.45) is 5.41 Å². The second kappa shape index (κ2) is 7.08. The van der Waals surface area contributed by atoms with Crippen molar-refractivity contribution in [1.82, 2.24) is 9.55 Å². The van der Waals surface area contributed by atoms with E-state index in [1.54, 1.807) is 13.4 Å². The molecule has 0 radical (unpaired) electrons. The van der Waals surface area contributed by atoms with E-state index in [9.17, 15) is 8.78 Å². The predicted octanol–water partition coefficient (Wildman–Crippen LogP) is 4.15. The van der Waals surface area contributed by atoms with E-state index in [0.29, 0.717) is 25.5 Å². The van der Waals surface area contributed by atoms with Gasteiger partial charge in [-0.05, 0) is 37.5 Å². The number of methoxy groups -OCH3 is 1. The van der Waals surface area contributed by atoms with Gasteiger partial charge in [-0.25, -0.2) is 13.8 Å². The topological polar surface area (TPSA) is 36.3 Å². The number of imidazole rings is 1. The number of rotatable bonds is 6. The third-order valence-electron chi connectivity index (χ3n) is 5.75. The minimum atomic E-state index is -0.459. The molecule has 4 nitrogen and oxygen atoms in total. The van der Waals surface area contributed by atoms with Crippen LogP contribution in [0.25, 0.3) is 11.3 Å². The van der Waals surface area contributed by atoms with E-state index in [1.807, 2.05) is 0 Å². The molecule has 2 fully saturated rings. The van der Waals surface area contributed by atoms with Gasteiger partial charge in [0, 0.05) is 37.2 Å². The number of hydrogen-bond donors (Lipinski definition) is 0. The summed E-state index contributed by atoms with van der Waals surface area (Å²) in [5.41, 5.74) is 1.82. The molecule has 1 saturated heterocycles. The molecule has 6 heteroatoms. The van der Waals surface area contributed by atoms with Crippen molar-refractivity contribution in [2.45, 2.75) is 38.1 Å². The SMILES string of the molecule is COCC1(Cn2cnc(-c3cc(F)ccc3F)c2C2CCOC2)CCC1. The van der Waals surface area contributed by atoms with Gasteiger partial charge in [-0.15, -0.1) is 0 Å². The first kappa shape index (κ1) is 17.6. The van der Waals surface area contributed by atoms with Crippen LogP contribution in [0.4, 0.5) is 8.78 Å². The zero-order valence-electron chi connectivity index (χ0n) is 15.0. The Bertz CT molecular complexity index is 780. The van der Waals surface area contributed by atoms with Gasteiger partial charge in [0.05, 0.1) is 30.9 Å². The third kappa shape index (κ3) is 3.16. The van der Waals surface area contributed by atoms with Gasteiger partial charge in [-0.1, -0.05) is 6.42 Å². The Hall–Kier alpha value is -1.79. The smallest absolute Gasteiger partial charge is 0.132 e. The molecule has 1 aromatic heterocycles. The number of hydrogen-bond acceptors (Lipinski definition) is 3. The molecule has 4 rings (SSSR count). The number of aromatic nitrogens is 2. The van der Waals surface area contributed by atoms with Gasteiger partial charge in [0.15, 0.2) is 0 Å². The molecule has 140 valence electrons. The van der Waals surface area contributed by atoms with E-state index in [0.717, 1.165) is 43.6 Å². The van der Waals surface area contributed by atoms with Crippen molar-refractivity contribution in [1.29, 1.82) is 0 Å². The molecule has 1 saturated carbocycles. The van der Waals surface area contributed by atoms with E-state index in [4.69, 9.17) is 9.47 Å². The minimum absolute atomic E-state index is 0.113. The second-order valence-electron chi connectivity index (χ2n) is 7.58. The van der Waals surface area contributed by atoms with Gasteiger partial charge in [0.25, 0.3) is 0 Å². The summed E-state index contributed by atoms with van der Waals surface area (Å²) in [5.74, 6) is -0.763. The fraction of sp³-hybridized carbons (Fsp3) is 0.550. The summed E-state index contributed by atoms with van der Waals surface area (Å²) < 4.78 is 41.3. The molecule has 1 atom stereocenters. The normalized spacial score (nSPS) is 21.7. The van der Waals surface area contributed by atoms with Crippen LogP contribution in [0.1, 0.15) is 37.3 Å². The number of halogens is 2. The first-order valence-corrected chi connectivity index (χ1v) is 9.19. The average molecular weight is 362 g/mol. The molecule has 0 spiro atoms. The Morgan fingerprint density at radius 3 is 2.85 bits per heavy atom. The first-order valence-electron chi connectivity index (χ1n) is 9.19. The zero-order valence-corrected chi connectivity index (χ0v) is 15.0. The molecule has 2 heterocycles. The zero-order chi connectivity index (χ0) is 18.1. The summed E-state index contributed by atoms with van der Waals surface area (Å²) in [6.07, 6.45) is 6.06. The Morgan fingerprint density at radius 1 is 1.35 bits per heavy atom. The predicted molar refractivity (Wildman–Crippen MR) is 93.9 cm³/mol. The third-order valence-corrected chi connectivity index (χ3v) is 5.75. The summed E-state index contributed by atoms with van der Waals surface area (Å²) in [6.45, 7) is 2.77. The molecule has 1 unspecified atom stereocenters. The van der Waals surface area contributed by atoms with Crippen molar-refractivity contribution in [3.63, 3.8) is 0 Å². The number of nitrogens with zero attached hydrogens (tertiary/aromatic N) is 2. The van der Waals surface area contributed by atoms with Crippen LogP contribution in [0.5, 0.6) is 0 Å². The molecule has 1 aromatic carbocycles. The highest BCUT2D eigenvalue weighted by molar-refractivity contribution is 5.63. The van der Waals surface area contributed by atoms with E-state index >= 15 is 0 Å². The van der Waals surface area contributed by atoms with Gasteiger partial charge in [-0.3, -0.25) is 0 Å². The second-order valence-corrected chi connectivity index (χ2v) is 7.58. The quantitative estimate of drug-likeness (QED) is 0.775. The molecule has 26 heavy (non-hydrogen) atoms. The van der Waals surface area contributed by atoms with Gasteiger partial charge in [0.1, 0.15) is 11.6 Å². The van der Waals surface area contributed by atoms with Crippen LogP contribution in [0.2, 0.25) is 0 Å². The lowest BCUT2D eigenvalue weighted by atomic mass is 9.69. The van der Waals surface area contributed by atoms with Gasteiger partial charge < -0.3 is 14.0 Å². The van der Waals surface area contributed by atoms with Crippen LogP contribution in [0.3, 0.4) is 0 Å². The molecular weight excluding hydrogens is 338 g/mol. The Labute approximate surface area is 152 Å². The first-order chi connectivity index (χ1) is 12.6. The van der Waals surface area contributed by atoms with Crippen LogP contribution >= 0.6 is 0 Å². The minimum Gasteiger partial charge on any atom is -0.384 e. The van der Waals surface area contributed by atoms with Crippen LogP contribution in [0.15, 0.2) is 24.5 Å². The van der Waals surface area contributed by atoms with Crippen molar-refractivity contribution in [3.8, 4) is 11.3 Å². The molecule has 0 bridgehead atoms. The van der Waals surface area contributed by atoms with Crippen molar-refractivity contribution >= 4 is 0 Å². The summed E-state index contributed by atoms with van der Waals surface area (Å²) >= 11 is 0. The molecule has 2 aromatic rings. The highest BCUT2D eigenvalue weighted by Gasteiger charge is 2.39. The van der Waals surface area contributed by atoms with E-state index < -0.39 is 11.6 Å². The lowest BCUT2D eigenvalue weighted by molar-refractivity contribution is 0.00262. The van der Waals surface area contributed by atoms with E-state index in [1.165, 1.54) is 12.5 Å². The van der Waals surface area contributed by atoms with Crippen LogP contribution < -0.4 is 0 Å². The van der Waals surface area contributed by atoms with Crippen molar-refractivity contribution in [3.05, 3.63) is 41.9 Å². The number of benzene rings is 1. The Balaban J connectivity index is 1.75. The molecule has 2 aliphatic rings. The average Bonchev–Trinajstić information content (AvgIpc) is 3.24. The Morgan fingerprint density at radius 2 is 2.19 bits per heavy atom. The molecule has 0 amide bonds.